The predicted molar refractivity (Wildman–Crippen MR) is 162 cm³/mol. The lowest BCUT2D eigenvalue weighted by Crippen LogP contribution is -2.31. The molecule has 2 aliphatic rings. The molecule has 1 unspecified atom stereocenters. The van der Waals surface area contributed by atoms with Crippen molar-refractivity contribution in [2.45, 2.75) is 25.3 Å². The molecule has 2 saturated heterocycles. The molecule has 0 aliphatic carbocycles. The predicted octanol–water partition coefficient (Wildman–Crippen LogP) is 4.41. The number of rotatable bonds is 8. The molecular weight excluding hydrogens is 528 g/mol. The van der Waals surface area contributed by atoms with Crippen LogP contribution in [0.4, 0.5) is 11.6 Å². The summed E-state index contributed by atoms with van der Waals surface area (Å²) in [4.78, 5) is 41.9. The average Bonchev–Trinajstić information content (AvgIpc) is 3.79. The number of carbonyl (C=O) groups excluding carboxylic acids is 2. The fraction of sp³-hybridized carbons (Fsp3) is 0.281. The van der Waals surface area contributed by atoms with Gasteiger partial charge in [0.1, 0.15) is 6.07 Å². The van der Waals surface area contributed by atoms with Crippen LogP contribution in [0.25, 0.3) is 22.2 Å². The second kappa shape index (κ2) is 12.2. The molecule has 212 valence electrons. The van der Waals surface area contributed by atoms with Gasteiger partial charge in [0, 0.05) is 65.7 Å². The molecule has 3 N–H and O–H groups in total. The standard InChI is InChI=1S/C32H32N8O2/c33-18-23-19-35-32(38-30(23)27-20-34-28-7-2-1-6-26(27)28)37-25-13-17-40(21-25)31(42)22-9-11-24(12-10-22)36-29(41)8-5-16-39-14-3-4-15-39/h1-2,5-12,19-20,25,34H,3-4,13-17,21H2,(H,36,41)(H,35,37,38)/b8-5+. The Kier molecular flexibility index (Phi) is 7.92. The third-order valence-electron chi connectivity index (χ3n) is 7.79. The number of nitriles is 1. The van der Waals surface area contributed by atoms with E-state index < -0.39 is 0 Å². The van der Waals surface area contributed by atoms with Crippen molar-refractivity contribution in [2.24, 2.45) is 0 Å². The first-order chi connectivity index (χ1) is 20.6. The second-order valence-electron chi connectivity index (χ2n) is 10.7. The van der Waals surface area contributed by atoms with Crippen molar-refractivity contribution in [3.63, 3.8) is 0 Å². The lowest BCUT2D eigenvalue weighted by atomic mass is 10.1. The van der Waals surface area contributed by atoms with Gasteiger partial charge in [-0.05, 0) is 62.7 Å². The largest absolute Gasteiger partial charge is 0.360 e. The van der Waals surface area contributed by atoms with E-state index >= 15 is 0 Å². The van der Waals surface area contributed by atoms with Crippen molar-refractivity contribution < 1.29 is 9.59 Å². The van der Waals surface area contributed by atoms with Gasteiger partial charge in [-0.3, -0.25) is 14.5 Å². The minimum atomic E-state index is -0.181. The first-order valence-electron chi connectivity index (χ1n) is 14.3. The lowest BCUT2D eigenvalue weighted by molar-refractivity contribution is -0.111. The van der Waals surface area contributed by atoms with Gasteiger partial charge in [0.2, 0.25) is 11.9 Å². The first-order valence-corrected chi connectivity index (χ1v) is 14.3. The van der Waals surface area contributed by atoms with Crippen molar-refractivity contribution in [1.29, 1.82) is 5.26 Å². The third-order valence-corrected chi connectivity index (χ3v) is 7.79. The Bertz CT molecular complexity index is 1660. The van der Waals surface area contributed by atoms with Crippen LogP contribution in [0.1, 0.15) is 35.2 Å². The fourth-order valence-corrected chi connectivity index (χ4v) is 5.59. The van der Waals surface area contributed by atoms with Crippen LogP contribution in [0, 0.1) is 11.3 Å². The number of hydrogen-bond donors (Lipinski definition) is 3. The number of nitrogens with zero attached hydrogens (tertiary/aromatic N) is 5. The van der Waals surface area contributed by atoms with E-state index in [9.17, 15) is 14.9 Å². The van der Waals surface area contributed by atoms with Gasteiger partial charge in [0.05, 0.1) is 17.5 Å². The Morgan fingerprint density at radius 1 is 1.10 bits per heavy atom. The molecule has 10 nitrogen and oxygen atoms in total. The molecule has 0 saturated carbocycles. The topological polar surface area (TPSA) is 130 Å². The van der Waals surface area contributed by atoms with Crippen molar-refractivity contribution in [1.82, 2.24) is 24.8 Å². The second-order valence-corrected chi connectivity index (χ2v) is 10.7. The number of likely N-dealkylation sites (tertiary alicyclic amines) is 2. The number of benzene rings is 2. The van der Waals surface area contributed by atoms with Gasteiger partial charge in [0.15, 0.2) is 0 Å². The van der Waals surface area contributed by atoms with Crippen LogP contribution < -0.4 is 10.6 Å². The van der Waals surface area contributed by atoms with Gasteiger partial charge in [-0.15, -0.1) is 0 Å². The van der Waals surface area contributed by atoms with Crippen molar-refractivity contribution >= 4 is 34.4 Å². The summed E-state index contributed by atoms with van der Waals surface area (Å²) < 4.78 is 0. The van der Waals surface area contributed by atoms with Crippen molar-refractivity contribution in [3.8, 4) is 17.3 Å². The Morgan fingerprint density at radius 3 is 2.71 bits per heavy atom. The van der Waals surface area contributed by atoms with E-state index in [-0.39, 0.29) is 17.9 Å². The normalized spacial score (nSPS) is 17.1. The Morgan fingerprint density at radius 2 is 1.90 bits per heavy atom. The summed E-state index contributed by atoms with van der Waals surface area (Å²) in [6.45, 7) is 4.07. The van der Waals surface area contributed by atoms with E-state index in [1.54, 1.807) is 35.2 Å². The molecule has 2 aromatic heterocycles. The molecule has 2 fully saturated rings. The number of anilines is 2. The summed E-state index contributed by atoms with van der Waals surface area (Å²) in [5.74, 6) is 0.172. The van der Waals surface area contributed by atoms with Crippen molar-refractivity contribution in [2.75, 3.05) is 43.4 Å². The molecule has 4 heterocycles. The lowest BCUT2D eigenvalue weighted by Gasteiger charge is -2.18. The maximum atomic E-state index is 13.2. The first kappa shape index (κ1) is 27.2. The number of fused-ring (bicyclic) bond motifs is 1. The molecule has 10 heteroatoms. The highest BCUT2D eigenvalue weighted by atomic mass is 16.2. The maximum absolute atomic E-state index is 13.2. The summed E-state index contributed by atoms with van der Waals surface area (Å²) in [7, 11) is 0. The van der Waals surface area contributed by atoms with E-state index in [1.807, 2.05) is 36.5 Å². The molecule has 4 aromatic rings. The van der Waals surface area contributed by atoms with E-state index in [4.69, 9.17) is 0 Å². The molecule has 2 amide bonds. The average molecular weight is 561 g/mol. The molecule has 6 rings (SSSR count). The maximum Gasteiger partial charge on any atom is 0.253 e. The van der Waals surface area contributed by atoms with Gasteiger partial charge in [-0.1, -0.05) is 24.3 Å². The zero-order chi connectivity index (χ0) is 28.9. The Hall–Kier alpha value is -5.01. The van der Waals surface area contributed by atoms with E-state index in [0.29, 0.717) is 41.5 Å². The number of amides is 2. The molecule has 0 bridgehead atoms. The number of carbonyl (C=O) groups is 2. The van der Waals surface area contributed by atoms with Gasteiger partial charge in [0.25, 0.3) is 5.91 Å². The Balaban J connectivity index is 1.05. The monoisotopic (exact) mass is 560 g/mol. The van der Waals surface area contributed by atoms with Crippen LogP contribution in [0.3, 0.4) is 0 Å². The van der Waals surface area contributed by atoms with Crippen LogP contribution in [0.2, 0.25) is 0 Å². The summed E-state index contributed by atoms with van der Waals surface area (Å²) in [6, 6.07) is 17.0. The molecule has 1 atom stereocenters. The van der Waals surface area contributed by atoms with E-state index in [2.05, 4.69) is 36.6 Å². The molecule has 42 heavy (non-hydrogen) atoms. The number of aromatic nitrogens is 3. The smallest absolute Gasteiger partial charge is 0.253 e. The third kappa shape index (κ3) is 6.01. The molecule has 0 spiro atoms. The molecule has 2 aromatic carbocycles. The van der Waals surface area contributed by atoms with Crippen LogP contribution in [0.15, 0.2) is 73.1 Å². The van der Waals surface area contributed by atoms with E-state index in [1.165, 1.54) is 19.0 Å². The number of aromatic amines is 1. The van der Waals surface area contributed by atoms with Crippen LogP contribution >= 0.6 is 0 Å². The Labute approximate surface area is 244 Å². The fourth-order valence-electron chi connectivity index (χ4n) is 5.59. The van der Waals surface area contributed by atoms with Crippen LogP contribution in [-0.2, 0) is 4.79 Å². The summed E-state index contributed by atoms with van der Waals surface area (Å²) >= 11 is 0. The van der Waals surface area contributed by atoms with Gasteiger partial charge >= 0.3 is 0 Å². The highest BCUT2D eigenvalue weighted by molar-refractivity contribution is 6.00. The molecular formula is C32H32N8O2. The summed E-state index contributed by atoms with van der Waals surface area (Å²) in [6.07, 6.45) is 10.0. The molecule has 2 aliphatic heterocycles. The zero-order valence-corrected chi connectivity index (χ0v) is 23.2. The van der Waals surface area contributed by atoms with Gasteiger partial charge in [-0.2, -0.15) is 5.26 Å². The highest BCUT2D eigenvalue weighted by Crippen LogP contribution is 2.30. The van der Waals surface area contributed by atoms with Crippen LogP contribution in [0.5, 0.6) is 0 Å². The number of hydrogen-bond acceptors (Lipinski definition) is 7. The highest BCUT2D eigenvalue weighted by Gasteiger charge is 2.28. The van der Waals surface area contributed by atoms with Gasteiger partial charge < -0.3 is 20.5 Å². The minimum Gasteiger partial charge on any atom is -0.360 e. The zero-order valence-electron chi connectivity index (χ0n) is 23.2. The SMILES string of the molecule is N#Cc1cnc(NC2CCN(C(=O)c3ccc(NC(=O)/C=C/CN4CCCC4)cc3)C2)nc1-c1c[nH]c2ccccc12. The molecule has 0 radical (unpaired) electrons. The number of H-pyrrole nitrogens is 1. The quantitative estimate of drug-likeness (QED) is 0.272. The van der Waals surface area contributed by atoms with Crippen molar-refractivity contribution in [3.05, 3.63) is 84.2 Å². The van der Waals surface area contributed by atoms with Crippen LogP contribution in [-0.4, -0.2) is 75.3 Å². The number of nitrogens with one attached hydrogen (secondary N) is 3. The summed E-state index contributed by atoms with van der Waals surface area (Å²) in [5.41, 5.74) is 3.98. The summed E-state index contributed by atoms with van der Waals surface area (Å²) in [5, 5.41) is 16.9. The van der Waals surface area contributed by atoms with Gasteiger partial charge in [-0.25, -0.2) is 9.97 Å². The van der Waals surface area contributed by atoms with E-state index in [0.717, 1.165) is 42.5 Å². The number of para-hydroxylation sites is 1. The minimum absolute atomic E-state index is 0.0244.